The molecule has 4 saturated heterocycles. The van der Waals surface area contributed by atoms with E-state index in [2.05, 4.69) is 0 Å². The minimum Gasteiger partial charge on any atom is -0.364 e. The van der Waals surface area contributed by atoms with E-state index >= 15 is 0 Å². The maximum absolute atomic E-state index is 13.6. The fraction of sp³-hybridized carbons (Fsp3) is 0.875. The van der Waals surface area contributed by atoms with E-state index in [1.807, 2.05) is 46.4 Å². The second-order valence-corrected chi connectivity index (χ2v) is 12.9. The smallest absolute Gasteiger partial charge is 0.194 e. The van der Waals surface area contributed by atoms with Gasteiger partial charge in [0, 0.05) is 29.2 Å². The molecule has 7 heteroatoms. The lowest BCUT2D eigenvalue weighted by Crippen LogP contribution is -2.84. The summed E-state index contributed by atoms with van der Waals surface area (Å²) in [7, 11) is 0. The number of carbonyl (C=O) groups is 3. The summed E-state index contributed by atoms with van der Waals surface area (Å²) in [6.45, 7) is 17.2. The van der Waals surface area contributed by atoms with Gasteiger partial charge in [0.1, 0.15) is 28.9 Å². The van der Waals surface area contributed by atoms with Crippen molar-refractivity contribution in [3.05, 3.63) is 0 Å². The van der Waals surface area contributed by atoms with Crippen molar-refractivity contribution in [3.8, 4) is 0 Å². The van der Waals surface area contributed by atoms with Crippen molar-refractivity contribution < 1.29 is 29.0 Å². The molecule has 0 radical (unpaired) electrons. The molecule has 4 fully saturated rings. The SMILES string of the molecule is CC(C)(C)C(=O)C[C@@]12CN3C[C@@](CC(=O)C(C)(C)C)(O1)C(C(=O)C(C)(C)C)[C@](O)(C3)O2. The number of piperidine rings is 1. The second kappa shape index (κ2) is 6.92. The highest BCUT2D eigenvalue weighted by molar-refractivity contribution is 5.91. The average Bonchev–Trinajstić information content (AvgIpc) is 2.48. The van der Waals surface area contributed by atoms with Crippen LogP contribution in [0.2, 0.25) is 0 Å². The lowest BCUT2D eigenvalue weighted by atomic mass is 9.63. The molecule has 4 heterocycles. The molecule has 4 aliphatic heterocycles. The van der Waals surface area contributed by atoms with Crippen LogP contribution in [0.3, 0.4) is 0 Å². The third-order valence-corrected chi connectivity index (χ3v) is 6.70. The van der Waals surface area contributed by atoms with Crippen molar-refractivity contribution in [2.24, 2.45) is 22.2 Å². The quantitative estimate of drug-likeness (QED) is 0.707. The van der Waals surface area contributed by atoms with Crippen molar-refractivity contribution >= 4 is 17.3 Å². The minimum atomic E-state index is -1.81. The fourth-order valence-corrected chi connectivity index (χ4v) is 5.01. The number of morpholine rings is 2. The fourth-order valence-electron chi connectivity index (χ4n) is 5.01. The van der Waals surface area contributed by atoms with Gasteiger partial charge in [0.05, 0.1) is 19.5 Å². The highest BCUT2D eigenvalue weighted by Gasteiger charge is 2.73. The highest BCUT2D eigenvalue weighted by atomic mass is 16.8. The molecule has 0 aromatic rings. The van der Waals surface area contributed by atoms with Crippen LogP contribution in [0.15, 0.2) is 0 Å². The number of hydrogen-bond donors (Lipinski definition) is 1. The van der Waals surface area contributed by atoms with E-state index in [4.69, 9.17) is 9.47 Å². The Labute approximate surface area is 185 Å². The van der Waals surface area contributed by atoms with Gasteiger partial charge in [0.15, 0.2) is 11.6 Å². The predicted octanol–water partition coefficient (Wildman–Crippen LogP) is 2.73. The summed E-state index contributed by atoms with van der Waals surface area (Å²) in [6, 6.07) is 0. The standard InChI is InChI=1S/C24H39NO6/c1-19(2,3)15(26)10-22-12-25-13-23(30-22,11-16(27)20(4,5)6)31-24(29,14-25)17(22)18(28)21(7,8)9/h17,29H,10-14H2,1-9H3/t17?,22-,23-,24+/m1/s1. The largest absolute Gasteiger partial charge is 0.364 e. The Bertz CT molecular complexity index is 794. The van der Waals surface area contributed by atoms with Gasteiger partial charge in [-0.25, -0.2) is 0 Å². The van der Waals surface area contributed by atoms with Gasteiger partial charge < -0.3 is 14.6 Å². The number of ketones is 3. The van der Waals surface area contributed by atoms with Crippen LogP contribution in [0, 0.1) is 22.2 Å². The maximum atomic E-state index is 13.6. The monoisotopic (exact) mass is 437 g/mol. The van der Waals surface area contributed by atoms with Crippen molar-refractivity contribution in [2.45, 2.75) is 92.3 Å². The first kappa shape index (κ1) is 24.5. The molecule has 7 nitrogen and oxygen atoms in total. The van der Waals surface area contributed by atoms with Crippen LogP contribution >= 0.6 is 0 Å². The number of nitrogens with zero attached hydrogens (tertiary/aromatic N) is 1. The summed E-state index contributed by atoms with van der Waals surface area (Å²) in [4.78, 5) is 41.6. The Hall–Kier alpha value is -1.15. The molecular weight excluding hydrogens is 398 g/mol. The zero-order chi connectivity index (χ0) is 23.8. The predicted molar refractivity (Wildman–Crippen MR) is 115 cm³/mol. The van der Waals surface area contributed by atoms with Gasteiger partial charge in [-0.05, 0) is 0 Å². The van der Waals surface area contributed by atoms with E-state index in [0.717, 1.165) is 0 Å². The van der Waals surface area contributed by atoms with Crippen molar-refractivity contribution in [1.82, 2.24) is 4.90 Å². The van der Waals surface area contributed by atoms with Crippen LogP contribution in [0.5, 0.6) is 0 Å². The highest BCUT2D eigenvalue weighted by Crippen LogP contribution is 2.56. The van der Waals surface area contributed by atoms with Gasteiger partial charge in [0.25, 0.3) is 0 Å². The summed E-state index contributed by atoms with van der Waals surface area (Å²) < 4.78 is 12.7. The van der Waals surface area contributed by atoms with Gasteiger partial charge in [-0.15, -0.1) is 0 Å². The van der Waals surface area contributed by atoms with Crippen molar-refractivity contribution in [1.29, 1.82) is 0 Å². The van der Waals surface area contributed by atoms with Gasteiger partial charge in [0.2, 0.25) is 0 Å². The number of ether oxygens (including phenoxy) is 2. The average molecular weight is 438 g/mol. The van der Waals surface area contributed by atoms with Crippen LogP contribution in [-0.4, -0.2) is 64.2 Å². The topological polar surface area (TPSA) is 93.1 Å². The Morgan fingerprint density at radius 3 is 1.81 bits per heavy atom. The molecule has 4 rings (SSSR count). The summed E-state index contributed by atoms with van der Waals surface area (Å²) in [5.74, 6) is -4.51. The zero-order valence-corrected chi connectivity index (χ0v) is 20.5. The molecule has 176 valence electrons. The number of aliphatic hydroxyl groups is 1. The van der Waals surface area contributed by atoms with Crippen LogP contribution in [0.1, 0.15) is 75.2 Å². The van der Waals surface area contributed by atoms with E-state index in [1.54, 1.807) is 20.8 Å². The third-order valence-electron chi connectivity index (χ3n) is 6.70. The van der Waals surface area contributed by atoms with E-state index in [-0.39, 0.29) is 36.7 Å². The molecule has 4 aliphatic rings. The maximum Gasteiger partial charge on any atom is 0.194 e. The first-order valence-electron chi connectivity index (χ1n) is 11.2. The molecule has 0 aromatic carbocycles. The van der Waals surface area contributed by atoms with E-state index < -0.39 is 39.3 Å². The Morgan fingerprint density at radius 2 is 1.32 bits per heavy atom. The van der Waals surface area contributed by atoms with Crippen molar-refractivity contribution in [2.75, 3.05) is 19.6 Å². The Kier molecular flexibility index (Phi) is 5.47. The van der Waals surface area contributed by atoms with Gasteiger partial charge >= 0.3 is 0 Å². The summed E-state index contributed by atoms with van der Waals surface area (Å²) in [6.07, 6.45) is -0.0617. The number of carbonyl (C=O) groups excluding carboxylic acids is 3. The molecule has 0 aliphatic carbocycles. The van der Waals surface area contributed by atoms with Gasteiger partial charge in [-0.1, -0.05) is 62.3 Å². The van der Waals surface area contributed by atoms with Crippen LogP contribution < -0.4 is 0 Å². The summed E-state index contributed by atoms with van der Waals surface area (Å²) >= 11 is 0. The van der Waals surface area contributed by atoms with Gasteiger partial charge in [-0.2, -0.15) is 0 Å². The Morgan fingerprint density at radius 1 is 0.806 bits per heavy atom. The molecule has 5 atom stereocenters. The molecule has 0 amide bonds. The van der Waals surface area contributed by atoms with Crippen molar-refractivity contribution in [3.63, 3.8) is 0 Å². The molecule has 4 bridgehead atoms. The molecule has 0 aromatic heterocycles. The lowest BCUT2D eigenvalue weighted by molar-refractivity contribution is -0.489. The molecule has 1 N–H and O–H groups in total. The van der Waals surface area contributed by atoms with E-state index in [0.29, 0.717) is 13.1 Å². The summed E-state index contributed by atoms with van der Waals surface area (Å²) in [5, 5.41) is 11.7. The number of Topliss-reactive ketones (excluding diaryl/α,β-unsaturated/α-hetero) is 3. The Balaban J connectivity index is 2.09. The first-order valence-corrected chi connectivity index (χ1v) is 11.2. The number of hydrogen-bond acceptors (Lipinski definition) is 7. The first-order chi connectivity index (χ1) is 13.7. The normalized spacial score (nSPS) is 37.7. The summed E-state index contributed by atoms with van der Waals surface area (Å²) in [5.41, 5.74) is -3.24. The molecule has 2 unspecified atom stereocenters. The van der Waals surface area contributed by atoms with Crippen LogP contribution in [-0.2, 0) is 23.9 Å². The van der Waals surface area contributed by atoms with Crippen LogP contribution in [0.25, 0.3) is 0 Å². The van der Waals surface area contributed by atoms with Crippen LogP contribution in [0.4, 0.5) is 0 Å². The zero-order valence-electron chi connectivity index (χ0n) is 20.5. The molecular formula is C24H39NO6. The minimum absolute atomic E-state index is 0.0172. The molecule has 0 saturated carbocycles. The number of rotatable bonds is 5. The molecule has 0 spiro atoms. The molecule has 31 heavy (non-hydrogen) atoms. The third kappa shape index (κ3) is 4.26. The lowest BCUT2D eigenvalue weighted by Gasteiger charge is -2.68. The second-order valence-electron chi connectivity index (χ2n) is 12.9. The van der Waals surface area contributed by atoms with E-state index in [1.165, 1.54) is 0 Å². The van der Waals surface area contributed by atoms with Gasteiger partial charge in [-0.3, -0.25) is 19.3 Å². The van der Waals surface area contributed by atoms with E-state index in [9.17, 15) is 19.5 Å².